The first kappa shape index (κ1) is 18.9. The van der Waals surface area contributed by atoms with Crippen LogP contribution in [-0.4, -0.2) is 23.9 Å². The molecule has 2 fully saturated rings. The zero-order valence-corrected chi connectivity index (χ0v) is 16.1. The summed E-state index contributed by atoms with van der Waals surface area (Å²) in [6.07, 6.45) is 9.27. The molecule has 1 aromatic rings. The van der Waals surface area contributed by atoms with Crippen LogP contribution in [0.25, 0.3) is 0 Å². The Labute approximate surface area is 157 Å². The molecular weight excluding hydrogens is 324 g/mol. The Morgan fingerprint density at radius 3 is 1.38 bits per heavy atom. The predicted octanol–water partition coefficient (Wildman–Crippen LogP) is 4.01. The number of amides is 2. The largest absolute Gasteiger partial charge is 0.353 e. The van der Waals surface area contributed by atoms with E-state index in [-0.39, 0.29) is 23.9 Å². The van der Waals surface area contributed by atoms with Crippen molar-refractivity contribution in [1.82, 2.24) is 10.6 Å². The number of hydrogen-bond donors (Lipinski definition) is 2. The van der Waals surface area contributed by atoms with Gasteiger partial charge in [0.1, 0.15) is 0 Å². The first-order chi connectivity index (χ1) is 12.5. The summed E-state index contributed by atoms with van der Waals surface area (Å²) in [4.78, 5) is 23.1. The molecule has 0 radical (unpaired) electrons. The molecule has 142 valence electrons. The summed E-state index contributed by atoms with van der Waals surface area (Å²) >= 11 is 0. The van der Waals surface area contributed by atoms with Gasteiger partial charge in [0.25, 0.3) is 0 Å². The van der Waals surface area contributed by atoms with Crippen molar-refractivity contribution in [1.29, 1.82) is 0 Å². The number of benzene rings is 1. The third-order valence-electron chi connectivity index (χ3n) is 6.10. The smallest absolute Gasteiger partial charge is 0.217 e. The molecule has 1 aromatic carbocycles. The molecule has 0 aliphatic heterocycles. The van der Waals surface area contributed by atoms with E-state index >= 15 is 0 Å². The van der Waals surface area contributed by atoms with Crippen LogP contribution in [0.3, 0.4) is 0 Å². The fourth-order valence-corrected chi connectivity index (χ4v) is 4.92. The zero-order valence-electron chi connectivity index (χ0n) is 16.1. The minimum absolute atomic E-state index is 0.0684. The maximum Gasteiger partial charge on any atom is 0.217 e. The van der Waals surface area contributed by atoms with Crippen LogP contribution in [-0.2, 0) is 9.59 Å². The van der Waals surface area contributed by atoms with Crippen LogP contribution >= 0.6 is 0 Å². The van der Waals surface area contributed by atoms with Gasteiger partial charge >= 0.3 is 0 Å². The van der Waals surface area contributed by atoms with E-state index in [2.05, 4.69) is 34.9 Å². The summed E-state index contributed by atoms with van der Waals surface area (Å²) < 4.78 is 0. The topological polar surface area (TPSA) is 58.2 Å². The second-order valence-electron chi connectivity index (χ2n) is 8.06. The molecule has 2 aliphatic rings. The van der Waals surface area contributed by atoms with Crippen molar-refractivity contribution in [3.8, 4) is 0 Å². The summed E-state index contributed by atoms with van der Waals surface area (Å²) in [5.74, 6) is 0.969. The Kier molecular flexibility index (Phi) is 6.33. The molecule has 0 aromatic heterocycles. The highest BCUT2D eigenvalue weighted by Gasteiger charge is 2.29. The van der Waals surface area contributed by atoms with Crippen LogP contribution in [0.5, 0.6) is 0 Å². The average Bonchev–Trinajstić information content (AvgIpc) is 2.62. The zero-order chi connectivity index (χ0) is 18.5. The fraction of sp³-hybridized carbons (Fsp3) is 0.636. The van der Waals surface area contributed by atoms with Gasteiger partial charge in [-0.2, -0.15) is 0 Å². The van der Waals surface area contributed by atoms with Gasteiger partial charge < -0.3 is 10.6 Å². The van der Waals surface area contributed by atoms with Crippen LogP contribution in [0.4, 0.5) is 0 Å². The maximum atomic E-state index is 11.5. The Balaban J connectivity index is 1.74. The number of nitrogens with one attached hydrogen (secondary N) is 2. The monoisotopic (exact) mass is 356 g/mol. The molecule has 2 amide bonds. The van der Waals surface area contributed by atoms with Gasteiger partial charge in [-0.25, -0.2) is 0 Å². The second kappa shape index (κ2) is 8.70. The van der Waals surface area contributed by atoms with Crippen LogP contribution in [0, 0.1) is 0 Å². The molecule has 4 atom stereocenters. The van der Waals surface area contributed by atoms with E-state index in [9.17, 15) is 9.59 Å². The summed E-state index contributed by atoms with van der Waals surface area (Å²) in [6.45, 7) is 3.22. The SMILES string of the molecule is CC(=O)N[C@H]1CCCC[C@H]1c1ccc([C@@H]2CCCC[C@@H]2NC(C)=O)cc1. The van der Waals surface area contributed by atoms with E-state index in [4.69, 9.17) is 0 Å². The van der Waals surface area contributed by atoms with E-state index in [1.54, 1.807) is 13.8 Å². The molecule has 2 saturated carbocycles. The Morgan fingerprint density at radius 1 is 0.692 bits per heavy atom. The lowest BCUT2D eigenvalue weighted by Crippen LogP contribution is -2.40. The molecule has 0 heterocycles. The van der Waals surface area contributed by atoms with Crippen molar-refractivity contribution >= 4 is 11.8 Å². The van der Waals surface area contributed by atoms with E-state index < -0.39 is 0 Å². The van der Waals surface area contributed by atoms with Crippen molar-refractivity contribution < 1.29 is 9.59 Å². The lowest BCUT2D eigenvalue weighted by atomic mass is 9.77. The van der Waals surface area contributed by atoms with Crippen molar-refractivity contribution in [2.45, 2.75) is 89.1 Å². The minimum Gasteiger partial charge on any atom is -0.353 e. The number of hydrogen-bond acceptors (Lipinski definition) is 2. The molecule has 2 N–H and O–H groups in total. The molecule has 0 spiro atoms. The Bertz CT molecular complexity index is 571. The molecule has 2 aliphatic carbocycles. The second-order valence-corrected chi connectivity index (χ2v) is 8.06. The van der Waals surface area contributed by atoms with Gasteiger partial charge in [0.2, 0.25) is 11.8 Å². The molecule has 4 nitrogen and oxygen atoms in total. The van der Waals surface area contributed by atoms with Gasteiger partial charge in [0.15, 0.2) is 0 Å². The van der Waals surface area contributed by atoms with Crippen molar-refractivity contribution in [3.63, 3.8) is 0 Å². The molecule has 0 unspecified atom stereocenters. The summed E-state index contributed by atoms with van der Waals surface area (Å²) in [7, 11) is 0. The molecule has 4 heteroatoms. The van der Waals surface area contributed by atoms with Crippen molar-refractivity contribution in [2.24, 2.45) is 0 Å². The van der Waals surface area contributed by atoms with Crippen LogP contribution < -0.4 is 10.6 Å². The van der Waals surface area contributed by atoms with Gasteiger partial charge in [0, 0.05) is 37.8 Å². The first-order valence-electron chi connectivity index (χ1n) is 10.2. The summed E-state index contributed by atoms with van der Waals surface area (Å²) in [6, 6.07) is 9.51. The average molecular weight is 357 g/mol. The number of rotatable bonds is 4. The summed E-state index contributed by atoms with van der Waals surface area (Å²) in [5.41, 5.74) is 2.66. The standard InChI is InChI=1S/C22H32N2O2/c1-15(25)23-21-9-5-3-7-19(21)17-11-13-18(14-12-17)20-8-4-6-10-22(20)24-16(2)26/h11-14,19-22H,3-10H2,1-2H3,(H,23,25)(H,24,26)/t19-,20-,21-,22-/m0/s1. The lowest BCUT2D eigenvalue weighted by Gasteiger charge is -2.34. The normalized spacial score (nSPS) is 29.0. The van der Waals surface area contributed by atoms with Gasteiger partial charge in [-0.15, -0.1) is 0 Å². The minimum atomic E-state index is 0.0684. The lowest BCUT2D eigenvalue weighted by molar-refractivity contribution is -0.120. The van der Waals surface area contributed by atoms with Crippen molar-refractivity contribution in [2.75, 3.05) is 0 Å². The third kappa shape index (κ3) is 4.66. The highest BCUT2D eigenvalue weighted by atomic mass is 16.2. The van der Waals surface area contributed by atoms with Gasteiger partial charge in [0.05, 0.1) is 0 Å². The quantitative estimate of drug-likeness (QED) is 0.856. The molecule has 26 heavy (non-hydrogen) atoms. The van der Waals surface area contributed by atoms with Gasteiger partial charge in [-0.05, 0) is 36.8 Å². The van der Waals surface area contributed by atoms with Crippen LogP contribution in [0.1, 0.15) is 88.2 Å². The summed E-state index contributed by atoms with van der Waals surface area (Å²) in [5, 5.41) is 6.30. The molecule has 3 rings (SSSR count). The molecule has 0 bridgehead atoms. The van der Waals surface area contributed by atoms with E-state index in [1.807, 2.05) is 0 Å². The highest BCUT2D eigenvalue weighted by Crippen LogP contribution is 2.36. The van der Waals surface area contributed by atoms with Gasteiger partial charge in [-0.3, -0.25) is 9.59 Å². The fourth-order valence-electron chi connectivity index (χ4n) is 4.92. The highest BCUT2D eigenvalue weighted by molar-refractivity contribution is 5.73. The molecule has 0 saturated heterocycles. The van der Waals surface area contributed by atoms with Crippen LogP contribution in [0.2, 0.25) is 0 Å². The van der Waals surface area contributed by atoms with E-state index in [1.165, 1.54) is 36.8 Å². The maximum absolute atomic E-state index is 11.5. The van der Waals surface area contributed by atoms with Crippen LogP contribution in [0.15, 0.2) is 24.3 Å². The third-order valence-corrected chi connectivity index (χ3v) is 6.10. The first-order valence-corrected chi connectivity index (χ1v) is 10.2. The molecular formula is C22H32N2O2. The van der Waals surface area contributed by atoms with Gasteiger partial charge in [-0.1, -0.05) is 49.9 Å². The van der Waals surface area contributed by atoms with Crippen molar-refractivity contribution in [3.05, 3.63) is 35.4 Å². The Morgan fingerprint density at radius 2 is 1.04 bits per heavy atom. The van der Waals surface area contributed by atoms with E-state index in [0.717, 1.165) is 25.7 Å². The predicted molar refractivity (Wildman–Crippen MR) is 104 cm³/mol. The Hall–Kier alpha value is -1.84. The van der Waals surface area contributed by atoms with E-state index in [0.29, 0.717) is 11.8 Å². The number of carbonyl (C=O) groups is 2. The number of carbonyl (C=O) groups excluding carboxylic acids is 2.